The van der Waals surface area contributed by atoms with Crippen LogP contribution in [0.15, 0.2) is 12.2 Å². The Kier molecular flexibility index (Phi) is 4.79. The van der Waals surface area contributed by atoms with E-state index in [1.54, 1.807) is 4.90 Å². The number of aliphatic carboxylic acids is 1. The molecule has 0 bridgehead atoms. The zero-order chi connectivity index (χ0) is 13.7. The lowest BCUT2D eigenvalue weighted by molar-refractivity contribution is -0.138. The number of hydrogen-bond acceptors (Lipinski definition) is 3. The Hall–Kier alpha value is -1.56. The van der Waals surface area contributed by atoms with Crippen molar-refractivity contribution >= 4 is 12.0 Å². The topological polar surface area (TPSA) is 72.9 Å². The minimum atomic E-state index is -0.810. The first-order chi connectivity index (χ1) is 9.15. The first-order valence-corrected chi connectivity index (χ1v) is 6.80. The van der Waals surface area contributed by atoms with E-state index in [-0.39, 0.29) is 18.6 Å². The fourth-order valence-corrected chi connectivity index (χ4v) is 2.52. The molecule has 0 unspecified atom stereocenters. The van der Waals surface area contributed by atoms with Crippen molar-refractivity contribution in [2.45, 2.75) is 25.3 Å². The Bertz CT molecular complexity index is 362. The molecule has 1 fully saturated rings. The van der Waals surface area contributed by atoms with Crippen LogP contribution in [0, 0.1) is 0 Å². The average Bonchev–Trinajstić information content (AvgIpc) is 2.74. The zero-order valence-corrected chi connectivity index (χ0v) is 11.0. The van der Waals surface area contributed by atoms with Gasteiger partial charge in [0.15, 0.2) is 0 Å². The Labute approximate surface area is 113 Å². The molecule has 1 aliphatic carbocycles. The van der Waals surface area contributed by atoms with Crippen molar-refractivity contribution in [3.05, 3.63) is 12.2 Å². The summed E-state index contributed by atoms with van der Waals surface area (Å²) in [5.41, 5.74) is 0. The zero-order valence-electron chi connectivity index (χ0n) is 11.0. The predicted octanol–water partition coefficient (Wildman–Crippen LogP) is 0.507. The van der Waals surface area contributed by atoms with Crippen LogP contribution >= 0.6 is 0 Å². The van der Waals surface area contributed by atoms with Gasteiger partial charge in [-0.25, -0.2) is 4.79 Å². The summed E-state index contributed by atoms with van der Waals surface area (Å²) in [6, 6.07) is 0.205. The molecule has 0 saturated carbocycles. The van der Waals surface area contributed by atoms with Gasteiger partial charge in [-0.3, -0.25) is 9.69 Å². The number of carboxylic acids is 1. The normalized spacial score (nSPS) is 21.4. The standard InChI is InChI=1S/C13H21N3O3/c17-12(18)10-15-6-3-7-16(9-8-15)13(19)14-11-4-1-2-5-11/h1-2,11H,3-10H2,(H,14,19)(H,17,18). The molecular formula is C13H21N3O3. The largest absolute Gasteiger partial charge is 0.480 e. The van der Waals surface area contributed by atoms with Gasteiger partial charge in [-0.15, -0.1) is 0 Å². The maximum atomic E-state index is 12.1. The van der Waals surface area contributed by atoms with Crippen LogP contribution in [0.1, 0.15) is 19.3 Å². The van der Waals surface area contributed by atoms with Gasteiger partial charge in [0.05, 0.1) is 6.54 Å². The van der Waals surface area contributed by atoms with Crippen LogP contribution in [-0.2, 0) is 4.79 Å². The van der Waals surface area contributed by atoms with Gasteiger partial charge in [-0.05, 0) is 19.3 Å². The lowest BCUT2D eigenvalue weighted by Crippen LogP contribution is -2.45. The van der Waals surface area contributed by atoms with Crippen molar-refractivity contribution in [3.63, 3.8) is 0 Å². The number of carboxylic acid groups (broad SMARTS) is 1. The molecule has 6 heteroatoms. The molecule has 106 valence electrons. The molecule has 2 N–H and O–H groups in total. The molecule has 0 spiro atoms. The summed E-state index contributed by atoms with van der Waals surface area (Å²) in [7, 11) is 0. The highest BCUT2D eigenvalue weighted by molar-refractivity contribution is 5.74. The fraction of sp³-hybridized carbons (Fsp3) is 0.692. The number of carbonyl (C=O) groups is 2. The summed E-state index contributed by atoms with van der Waals surface area (Å²) < 4.78 is 0. The third-order valence-corrected chi connectivity index (χ3v) is 3.57. The molecule has 0 radical (unpaired) electrons. The third kappa shape index (κ3) is 4.24. The van der Waals surface area contributed by atoms with E-state index >= 15 is 0 Å². The van der Waals surface area contributed by atoms with Crippen LogP contribution in [0.25, 0.3) is 0 Å². The molecule has 1 saturated heterocycles. The molecule has 2 amide bonds. The summed E-state index contributed by atoms with van der Waals surface area (Å²) in [6.45, 7) is 2.72. The molecule has 1 heterocycles. The van der Waals surface area contributed by atoms with E-state index in [1.165, 1.54) is 0 Å². The van der Waals surface area contributed by atoms with Crippen molar-refractivity contribution in [1.82, 2.24) is 15.1 Å². The summed E-state index contributed by atoms with van der Waals surface area (Å²) >= 11 is 0. The number of hydrogen-bond donors (Lipinski definition) is 2. The smallest absolute Gasteiger partial charge is 0.317 e. The first kappa shape index (κ1) is 13.9. The van der Waals surface area contributed by atoms with Crippen LogP contribution < -0.4 is 5.32 Å². The number of rotatable bonds is 3. The first-order valence-electron chi connectivity index (χ1n) is 6.80. The Morgan fingerprint density at radius 2 is 1.89 bits per heavy atom. The van der Waals surface area contributed by atoms with Crippen LogP contribution in [0.4, 0.5) is 4.79 Å². The second-order valence-corrected chi connectivity index (χ2v) is 5.10. The van der Waals surface area contributed by atoms with Crippen molar-refractivity contribution in [2.24, 2.45) is 0 Å². The Morgan fingerprint density at radius 1 is 1.16 bits per heavy atom. The maximum absolute atomic E-state index is 12.1. The molecular weight excluding hydrogens is 246 g/mol. The highest BCUT2D eigenvalue weighted by atomic mass is 16.4. The van der Waals surface area contributed by atoms with E-state index in [0.29, 0.717) is 19.6 Å². The van der Waals surface area contributed by atoms with E-state index in [0.717, 1.165) is 25.8 Å². The fourth-order valence-electron chi connectivity index (χ4n) is 2.52. The molecule has 0 aromatic heterocycles. The van der Waals surface area contributed by atoms with Gasteiger partial charge in [0.1, 0.15) is 0 Å². The lowest BCUT2D eigenvalue weighted by Gasteiger charge is -2.23. The van der Waals surface area contributed by atoms with Gasteiger partial charge in [-0.1, -0.05) is 12.2 Å². The van der Waals surface area contributed by atoms with E-state index in [1.807, 2.05) is 4.90 Å². The molecule has 2 rings (SSSR count). The highest BCUT2D eigenvalue weighted by Crippen LogP contribution is 2.10. The van der Waals surface area contributed by atoms with E-state index in [9.17, 15) is 9.59 Å². The predicted molar refractivity (Wildman–Crippen MR) is 71.0 cm³/mol. The molecule has 0 aromatic carbocycles. The minimum Gasteiger partial charge on any atom is -0.480 e. The summed E-state index contributed by atoms with van der Waals surface area (Å²) in [5.74, 6) is -0.810. The minimum absolute atomic E-state index is 0.0223. The quantitative estimate of drug-likeness (QED) is 0.731. The monoisotopic (exact) mass is 267 g/mol. The number of nitrogens with zero attached hydrogens (tertiary/aromatic N) is 2. The number of urea groups is 1. The van der Waals surface area contributed by atoms with Crippen LogP contribution in [0.2, 0.25) is 0 Å². The maximum Gasteiger partial charge on any atom is 0.317 e. The van der Waals surface area contributed by atoms with Crippen LogP contribution in [-0.4, -0.2) is 65.7 Å². The molecule has 2 aliphatic rings. The average molecular weight is 267 g/mol. The van der Waals surface area contributed by atoms with Crippen molar-refractivity contribution < 1.29 is 14.7 Å². The van der Waals surface area contributed by atoms with Gasteiger partial charge in [0.2, 0.25) is 0 Å². The van der Waals surface area contributed by atoms with Crippen molar-refractivity contribution in [1.29, 1.82) is 0 Å². The Morgan fingerprint density at radius 3 is 2.58 bits per heavy atom. The number of nitrogens with one attached hydrogen (secondary N) is 1. The van der Waals surface area contributed by atoms with Gasteiger partial charge in [0, 0.05) is 32.2 Å². The number of carbonyl (C=O) groups excluding carboxylic acids is 1. The summed E-state index contributed by atoms with van der Waals surface area (Å²) in [5, 5.41) is 11.8. The van der Waals surface area contributed by atoms with E-state index < -0.39 is 5.97 Å². The van der Waals surface area contributed by atoms with Gasteiger partial charge < -0.3 is 15.3 Å². The summed E-state index contributed by atoms with van der Waals surface area (Å²) in [6.07, 6.45) is 6.81. The SMILES string of the molecule is O=C(O)CN1CCCN(C(=O)NC2CC=CC2)CC1. The highest BCUT2D eigenvalue weighted by Gasteiger charge is 2.22. The second kappa shape index (κ2) is 6.56. The summed E-state index contributed by atoms with van der Waals surface area (Å²) in [4.78, 5) is 26.4. The lowest BCUT2D eigenvalue weighted by atomic mass is 10.2. The van der Waals surface area contributed by atoms with Gasteiger partial charge in [-0.2, -0.15) is 0 Å². The van der Waals surface area contributed by atoms with Crippen molar-refractivity contribution in [2.75, 3.05) is 32.7 Å². The van der Waals surface area contributed by atoms with Crippen LogP contribution in [0.3, 0.4) is 0 Å². The van der Waals surface area contributed by atoms with E-state index in [4.69, 9.17) is 5.11 Å². The number of amides is 2. The second-order valence-electron chi connectivity index (χ2n) is 5.10. The molecule has 1 aliphatic heterocycles. The van der Waals surface area contributed by atoms with Gasteiger partial charge >= 0.3 is 12.0 Å². The molecule has 0 aromatic rings. The van der Waals surface area contributed by atoms with Crippen molar-refractivity contribution in [3.8, 4) is 0 Å². The molecule has 0 atom stereocenters. The van der Waals surface area contributed by atoms with E-state index in [2.05, 4.69) is 17.5 Å². The third-order valence-electron chi connectivity index (χ3n) is 3.57. The Balaban J connectivity index is 1.77. The molecule has 6 nitrogen and oxygen atoms in total. The molecule has 19 heavy (non-hydrogen) atoms. The van der Waals surface area contributed by atoms with Gasteiger partial charge in [0.25, 0.3) is 0 Å². The van der Waals surface area contributed by atoms with Crippen LogP contribution in [0.5, 0.6) is 0 Å².